The predicted octanol–water partition coefficient (Wildman–Crippen LogP) is 4.08. The summed E-state index contributed by atoms with van der Waals surface area (Å²) in [6.45, 7) is 0.308. The lowest BCUT2D eigenvalue weighted by molar-refractivity contribution is -0.138. The maximum Gasteiger partial charge on any atom is 0.418 e. The Bertz CT molecular complexity index is 1320. The largest absolute Gasteiger partial charge is 0.491 e. The van der Waals surface area contributed by atoms with E-state index in [4.69, 9.17) is 9.47 Å². The predicted molar refractivity (Wildman–Crippen MR) is 127 cm³/mol. The molecule has 3 aromatic rings. The Morgan fingerprint density at radius 2 is 1.82 bits per heavy atom. The molecule has 1 saturated heterocycles. The first-order valence-corrected chi connectivity index (χ1v) is 11.6. The Hall–Kier alpha value is -4.22. The molecule has 38 heavy (non-hydrogen) atoms. The van der Waals surface area contributed by atoms with Crippen molar-refractivity contribution in [1.29, 1.82) is 0 Å². The van der Waals surface area contributed by atoms with E-state index in [0.717, 1.165) is 18.3 Å². The number of carbonyl (C=O) groups is 2. The van der Waals surface area contributed by atoms with E-state index in [0.29, 0.717) is 5.56 Å². The van der Waals surface area contributed by atoms with E-state index in [2.05, 4.69) is 15.3 Å². The summed E-state index contributed by atoms with van der Waals surface area (Å²) in [4.78, 5) is 35.5. The second-order valence-corrected chi connectivity index (χ2v) is 8.61. The summed E-state index contributed by atoms with van der Waals surface area (Å²) < 4.78 is 64.3. The first-order valence-electron chi connectivity index (χ1n) is 11.6. The molecule has 1 aliphatic heterocycles. The summed E-state index contributed by atoms with van der Waals surface area (Å²) in [7, 11) is 2.83. The molecule has 0 radical (unpaired) electrons. The van der Waals surface area contributed by atoms with Crippen molar-refractivity contribution in [3.8, 4) is 11.6 Å². The maximum absolute atomic E-state index is 13.6. The number of piperidine rings is 1. The molecule has 2 aromatic heterocycles. The van der Waals surface area contributed by atoms with Crippen molar-refractivity contribution < 1.29 is 36.6 Å². The maximum atomic E-state index is 13.6. The number of halogens is 4. The number of methoxy groups -OCH3 is 2. The Kier molecular flexibility index (Phi) is 7.79. The average Bonchev–Trinajstić information content (AvgIpc) is 2.92. The van der Waals surface area contributed by atoms with Crippen LogP contribution in [0.3, 0.4) is 0 Å². The fourth-order valence-electron chi connectivity index (χ4n) is 4.44. The SMILES string of the molecule is COc1cc(C(=O)N2CC[C@@H](NC(=O)c3ncccc3C(F)(F)F)[C@H](c3ccc(F)cc3)C2)cnc1OC. The molecule has 2 amide bonds. The molecule has 0 bridgehead atoms. The zero-order valence-corrected chi connectivity index (χ0v) is 20.5. The number of nitrogens with one attached hydrogen (secondary N) is 1. The topological polar surface area (TPSA) is 93.7 Å². The molecule has 1 aliphatic rings. The summed E-state index contributed by atoms with van der Waals surface area (Å²) >= 11 is 0. The van der Waals surface area contributed by atoms with Gasteiger partial charge in [-0.1, -0.05) is 12.1 Å². The van der Waals surface area contributed by atoms with Gasteiger partial charge in [-0.3, -0.25) is 14.6 Å². The third-order valence-corrected chi connectivity index (χ3v) is 6.32. The molecule has 1 N–H and O–H groups in total. The number of amides is 2. The van der Waals surface area contributed by atoms with Crippen molar-refractivity contribution in [3.05, 3.63) is 83.1 Å². The molecule has 12 heteroatoms. The molecule has 0 unspecified atom stereocenters. The molecule has 8 nitrogen and oxygen atoms in total. The van der Waals surface area contributed by atoms with E-state index in [-0.39, 0.29) is 42.6 Å². The van der Waals surface area contributed by atoms with Crippen LogP contribution in [0.15, 0.2) is 54.9 Å². The van der Waals surface area contributed by atoms with E-state index >= 15 is 0 Å². The second kappa shape index (κ2) is 11.0. The smallest absolute Gasteiger partial charge is 0.418 e. The summed E-state index contributed by atoms with van der Waals surface area (Å²) in [5, 5.41) is 2.66. The minimum Gasteiger partial charge on any atom is -0.491 e. The van der Waals surface area contributed by atoms with Gasteiger partial charge in [-0.2, -0.15) is 13.2 Å². The van der Waals surface area contributed by atoms with Crippen molar-refractivity contribution in [2.75, 3.05) is 27.3 Å². The first-order chi connectivity index (χ1) is 18.1. The third kappa shape index (κ3) is 5.68. The molecular weight excluding hydrogens is 508 g/mol. The van der Waals surface area contributed by atoms with E-state index in [1.54, 1.807) is 4.90 Å². The van der Waals surface area contributed by atoms with Crippen molar-refractivity contribution >= 4 is 11.8 Å². The fourth-order valence-corrected chi connectivity index (χ4v) is 4.44. The van der Waals surface area contributed by atoms with E-state index in [1.165, 1.54) is 50.7 Å². The van der Waals surface area contributed by atoms with E-state index in [1.807, 2.05) is 0 Å². The number of ether oxygens (including phenoxy) is 2. The lowest BCUT2D eigenvalue weighted by Crippen LogP contribution is -2.51. The van der Waals surface area contributed by atoms with Crippen LogP contribution in [-0.2, 0) is 6.18 Å². The van der Waals surface area contributed by atoms with Gasteiger partial charge in [-0.25, -0.2) is 9.37 Å². The molecule has 4 rings (SSSR count). The van der Waals surface area contributed by atoms with Gasteiger partial charge in [-0.05, 0) is 36.2 Å². The highest BCUT2D eigenvalue weighted by atomic mass is 19.4. The van der Waals surface area contributed by atoms with Crippen LogP contribution < -0.4 is 14.8 Å². The third-order valence-electron chi connectivity index (χ3n) is 6.32. The van der Waals surface area contributed by atoms with Crippen LogP contribution in [0.5, 0.6) is 11.6 Å². The number of pyridine rings is 2. The Balaban J connectivity index is 1.60. The van der Waals surface area contributed by atoms with Crippen LogP contribution in [0.2, 0.25) is 0 Å². The monoisotopic (exact) mass is 532 g/mol. The quantitative estimate of drug-likeness (QED) is 0.481. The highest BCUT2D eigenvalue weighted by molar-refractivity contribution is 5.95. The minimum absolute atomic E-state index is 0.109. The molecule has 0 aliphatic carbocycles. The Morgan fingerprint density at radius 3 is 2.47 bits per heavy atom. The van der Waals surface area contributed by atoms with Gasteiger partial charge in [0, 0.05) is 43.5 Å². The van der Waals surface area contributed by atoms with Gasteiger partial charge in [0.2, 0.25) is 0 Å². The van der Waals surface area contributed by atoms with Gasteiger partial charge in [0.05, 0.1) is 25.3 Å². The lowest BCUT2D eigenvalue weighted by Gasteiger charge is -2.39. The normalized spacial score (nSPS) is 17.6. The van der Waals surface area contributed by atoms with Crippen molar-refractivity contribution in [2.45, 2.75) is 24.6 Å². The first kappa shape index (κ1) is 26.8. The highest BCUT2D eigenvalue weighted by Crippen LogP contribution is 2.33. The van der Waals surface area contributed by atoms with Gasteiger partial charge in [0.25, 0.3) is 17.7 Å². The summed E-state index contributed by atoms with van der Waals surface area (Å²) in [6, 6.07) is 8.27. The van der Waals surface area contributed by atoms with Crippen LogP contribution in [0, 0.1) is 5.82 Å². The summed E-state index contributed by atoms with van der Waals surface area (Å²) in [6.07, 6.45) is -2.07. The lowest BCUT2D eigenvalue weighted by atomic mass is 9.85. The number of benzene rings is 1. The fraction of sp³-hybridized carbons (Fsp3) is 0.308. The van der Waals surface area contributed by atoms with Crippen LogP contribution in [0.25, 0.3) is 0 Å². The molecule has 2 atom stereocenters. The number of rotatable bonds is 6. The van der Waals surface area contributed by atoms with Crippen LogP contribution in [0.4, 0.5) is 17.6 Å². The number of nitrogens with zero attached hydrogens (tertiary/aromatic N) is 3. The van der Waals surface area contributed by atoms with Gasteiger partial charge in [-0.15, -0.1) is 0 Å². The molecule has 1 fully saturated rings. The van der Waals surface area contributed by atoms with Crippen molar-refractivity contribution in [3.63, 3.8) is 0 Å². The molecule has 3 heterocycles. The van der Waals surface area contributed by atoms with Crippen molar-refractivity contribution in [1.82, 2.24) is 20.2 Å². The molecule has 0 spiro atoms. The number of hydrogen-bond acceptors (Lipinski definition) is 6. The van der Waals surface area contributed by atoms with E-state index < -0.39 is 41.1 Å². The summed E-state index contributed by atoms with van der Waals surface area (Å²) in [5.74, 6) is -1.88. The average molecular weight is 532 g/mol. The van der Waals surface area contributed by atoms with E-state index in [9.17, 15) is 27.2 Å². The second-order valence-electron chi connectivity index (χ2n) is 8.61. The highest BCUT2D eigenvalue weighted by Gasteiger charge is 2.38. The number of likely N-dealkylation sites (tertiary alicyclic amines) is 1. The minimum atomic E-state index is -4.76. The molecule has 1 aromatic carbocycles. The molecule has 200 valence electrons. The standard InChI is InChI=1S/C26H24F4N4O4/c1-37-21-12-16(13-32-24(21)38-2)25(36)34-11-9-20(18(14-34)15-5-7-17(27)8-6-15)33-23(35)22-19(26(28,29)30)4-3-10-31-22/h3-8,10,12-13,18,20H,9,11,14H2,1-2H3,(H,33,35)/t18-,20+/m0/s1. The number of aromatic nitrogens is 2. The molecular formula is C26H24F4N4O4. The van der Waals surface area contributed by atoms with Crippen LogP contribution >= 0.6 is 0 Å². The number of carbonyl (C=O) groups excluding carboxylic acids is 2. The zero-order chi connectivity index (χ0) is 27.4. The molecule has 0 saturated carbocycles. The van der Waals surface area contributed by atoms with Gasteiger partial charge < -0.3 is 19.7 Å². The van der Waals surface area contributed by atoms with Crippen LogP contribution in [-0.4, -0.2) is 60.0 Å². The zero-order valence-electron chi connectivity index (χ0n) is 20.5. The number of alkyl halides is 3. The van der Waals surface area contributed by atoms with Gasteiger partial charge in [0.1, 0.15) is 11.5 Å². The van der Waals surface area contributed by atoms with Gasteiger partial charge in [0.15, 0.2) is 5.75 Å². The summed E-state index contributed by atoms with van der Waals surface area (Å²) in [5.41, 5.74) is -1.04. The number of hydrogen-bond donors (Lipinski definition) is 1. The Labute approximate surface area is 215 Å². The van der Waals surface area contributed by atoms with Gasteiger partial charge >= 0.3 is 6.18 Å². The van der Waals surface area contributed by atoms with Crippen LogP contribution in [0.1, 0.15) is 44.3 Å². The van der Waals surface area contributed by atoms with Crippen molar-refractivity contribution in [2.24, 2.45) is 0 Å². The Morgan fingerprint density at radius 1 is 1.08 bits per heavy atom.